The van der Waals surface area contributed by atoms with Gasteiger partial charge in [-0.1, -0.05) is 41.4 Å². The molecule has 1 aliphatic rings. The molecular formula is C25H28ClNO5. The maximum Gasteiger partial charge on any atom is 0.295 e. The summed E-state index contributed by atoms with van der Waals surface area (Å²) in [6.45, 7) is 6.63. The maximum absolute atomic E-state index is 13.1. The van der Waals surface area contributed by atoms with Crippen molar-refractivity contribution >= 4 is 29.1 Å². The smallest absolute Gasteiger partial charge is 0.295 e. The Morgan fingerprint density at radius 3 is 2.59 bits per heavy atom. The number of methoxy groups -OCH3 is 1. The topological polar surface area (TPSA) is 76.1 Å². The van der Waals surface area contributed by atoms with Crippen molar-refractivity contribution in [2.45, 2.75) is 39.3 Å². The molecular weight excluding hydrogens is 430 g/mol. The number of aryl methyl sites for hydroxylation is 1. The highest BCUT2D eigenvalue weighted by Crippen LogP contribution is 2.40. The first kappa shape index (κ1) is 23.8. The van der Waals surface area contributed by atoms with Crippen LogP contribution < -0.4 is 4.74 Å². The molecule has 0 aromatic heterocycles. The van der Waals surface area contributed by atoms with E-state index in [1.54, 1.807) is 18.2 Å². The third-order valence-electron chi connectivity index (χ3n) is 5.32. The minimum absolute atomic E-state index is 0.0507. The van der Waals surface area contributed by atoms with Crippen LogP contribution in [0.1, 0.15) is 43.0 Å². The van der Waals surface area contributed by atoms with E-state index < -0.39 is 17.7 Å². The van der Waals surface area contributed by atoms with Crippen molar-refractivity contribution in [2.24, 2.45) is 0 Å². The molecule has 0 radical (unpaired) electrons. The Morgan fingerprint density at radius 1 is 1.19 bits per heavy atom. The SMILES string of the molecule is COc1cc(/C(O)=C2/C(=O)C(=O)N(CCCOC(C)C)C2c2cccc(C)c2)ccc1Cl. The van der Waals surface area contributed by atoms with Crippen LogP contribution in [-0.4, -0.2) is 48.1 Å². The average molecular weight is 458 g/mol. The van der Waals surface area contributed by atoms with E-state index in [-0.39, 0.29) is 17.4 Å². The van der Waals surface area contributed by atoms with Crippen LogP contribution in [0.5, 0.6) is 5.75 Å². The molecule has 0 bridgehead atoms. The van der Waals surface area contributed by atoms with E-state index in [1.165, 1.54) is 12.0 Å². The van der Waals surface area contributed by atoms with E-state index in [1.807, 2.05) is 45.0 Å². The zero-order chi connectivity index (χ0) is 23.4. The Labute approximate surface area is 193 Å². The summed E-state index contributed by atoms with van der Waals surface area (Å²) in [6.07, 6.45) is 0.653. The van der Waals surface area contributed by atoms with E-state index in [9.17, 15) is 14.7 Å². The number of hydrogen-bond donors (Lipinski definition) is 1. The zero-order valence-corrected chi connectivity index (χ0v) is 19.5. The molecule has 3 rings (SSSR count). The number of hydrogen-bond acceptors (Lipinski definition) is 5. The van der Waals surface area contributed by atoms with Crippen LogP contribution in [0.4, 0.5) is 0 Å². The first-order valence-electron chi connectivity index (χ1n) is 10.5. The summed E-state index contributed by atoms with van der Waals surface area (Å²) in [5.41, 5.74) is 2.15. The van der Waals surface area contributed by atoms with Crippen LogP contribution in [0.15, 0.2) is 48.0 Å². The van der Waals surface area contributed by atoms with E-state index >= 15 is 0 Å². The summed E-state index contributed by atoms with van der Waals surface area (Å²) < 4.78 is 10.8. The van der Waals surface area contributed by atoms with Crippen molar-refractivity contribution in [3.63, 3.8) is 0 Å². The number of amides is 1. The molecule has 1 heterocycles. The van der Waals surface area contributed by atoms with Gasteiger partial charge in [0.2, 0.25) is 0 Å². The number of nitrogens with zero attached hydrogens (tertiary/aromatic N) is 1. The molecule has 1 N–H and O–H groups in total. The van der Waals surface area contributed by atoms with Gasteiger partial charge in [0.1, 0.15) is 11.5 Å². The lowest BCUT2D eigenvalue weighted by atomic mass is 9.94. The Morgan fingerprint density at radius 2 is 1.94 bits per heavy atom. The fourth-order valence-corrected chi connectivity index (χ4v) is 4.01. The third kappa shape index (κ3) is 4.97. The van der Waals surface area contributed by atoms with Gasteiger partial charge in [0.15, 0.2) is 0 Å². The zero-order valence-electron chi connectivity index (χ0n) is 18.7. The second-order valence-electron chi connectivity index (χ2n) is 8.03. The van der Waals surface area contributed by atoms with E-state index in [0.717, 1.165) is 11.1 Å². The summed E-state index contributed by atoms with van der Waals surface area (Å²) in [6, 6.07) is 11.6. The summed E-state index contributed by atoms with van der Waals surface area (Å²) in [5.74, 6) is -1.25. The summed E-state index contributed by atoms with van der Waals surface area (Å²) in [4.78, 5) is 27.5. The van der Waals surface area contributed by atoms with Crippen LogP contribution in [0.3, 0.4) is 0 Å². The first-order chi connectivity index (χ1) is 15.2. The Balaban J connectivity index is 2.07. The standard InChI is InChI=1S/C25H28ClNO5/c1-15(2)32-12-6-11-27-22(17-8-5-7-16(3)13-17)21(24(29)25(27)30)23(28)18-9-10-19(26)20(14-18)31-4/h5,7-10,13-15,22,28H,6,11-12H2,1-4H3/b23-21-. The number of ether oxygens (including phenoxy) is 2. The molecule has 1 unspecified atom stereocenters. The van der Waals surface area contributed by atoms with Gasteiger partial charge in [-0.05, 0) is 51.0 Å². The molecule has 0 aliphatic carbocycles. The van der Waals surface area contributed by atoms with Gasteiger partial charge in [0.05, 0.1) is 29.9 Å². The highest BCUT2D eigenvalue weighted by atomic mass is 35.5. The molecule has 1 aliphatic heterocycles. The van der Waals surface area contributed by atoms with Crippen LogP contribution in [0.25, 0.3) is 5.76 Å². The lowest BCUT2D eigenvalue weighted by Gasteiger charge is -2.25. The molecule has 0 spiro atoms. The van der Waals surface area contributed by atoms with Crippen LogP contribution in [0.2, 0.25) is 5.02 Å². The molecule has 1 atom stereocenters. The molecule has 2 aromatic rings. The van der Waals surface area contributed by atoms with Crippen LogP contribution in [0, 0.1) is 6.92 Å². The maximum atomic E-state index is 13.1. The fraction of sp³-hybridized carbons (Fsp3) is 0.360. The summed E-state index contributed by atoms with van der Waals surface area (Å²) >= 11 is 6.11. The van der Waals surface area contributed by atoms with Crippen molar-refractivity contribution in [2.75, 3.05) is 20.3 Å². The number of rotatable bonds is 8. The fourth-order valence-electron chi connectivity index (χ4n) is 3.81. The highest BCUT2D eigenvalue weighted by Gasteiger charge is 2.45. The number of aliphatic hydroxyl groups is 1. The third-order valence-corrected chi connectivity index (χ3v) is 5.63. The van der Waals surface area contributed by atoms with Gasteiger partial charge < -0.3 is 19.5 Å². The monoisotopic (exact) mass is 457 g/mol. The van der Waals surface area contributed by atoms with Gasteiger partial charge in [-0.15, -0.1) is 0 Å². The lowest BCUT2D eigenvalue weighted by molar-refractivity contribution is -0.140. The number of aliphatic hydroxyl groups excluding tert-OH is 1. The molecule has 1 saturated heterocycles. The molecule has 0 saturated carbocycles. The number of carbonyl (C=O) groups is 2. The molecule has 170 valence electrons. The van der Waals surface area contributed by atoms with Crippen LogP contribution >= 0.6 is 11.6 Å². The normalized spacial score (nSPS) is 17.9. The second kappa shape index (κ2) is 10.2. The number of halogens is 1. The molecule has 32 heavy (non-hydrogen) atoms. The van der Waals surface area contributed by atoms with Gasteiger partial charge >= 0.3 is 0 Å². The summed E-state index contributed by atoms with van der Waals surface area (Å²) in [5, 5.41) is 11.5. The molecule has 2 aromatic carbocycles. The molecule has 1 amide bonds. The number of benzene rings is 2. The minimum Gasteiger partial charge on any atom is -0.507 e. The average Bonchev–Trinajstić information content (AvgIpc) is 3.01. The molecule has 7 heteroatoms. The van der Waals surface area contributed by atoms with Gasteiger partial charge in [0.25, 0.3) is 11.7 Å². The quantitative estimate of drug-likeness (QED) is 0.264. The van der Waals surface area contributed by atoms with E-state index in [4.69, 9.17) is 21.1 Å². The van der Waals surface area contributed by atoms with Crippen molar-refractivity contribution in [1.29, 1.82) is 0 Å². The number of likely N-dealkylation sites (tertiary alicyclic amines) is 1. The second-order valence-corrected chi connectivity index (χ2v) is 8.44. The Hall–Kier alpha value is -2.83. The van der Waals surface area contributed by atoms with Gasteiger partial charge in [-0.25, -0.2) is 0 Å². The van der Waals surface area contributed by atoms with E-state index in [0.29, 0.717) is 35.9 Å². The number of Topliss-reactive ketones (excluding diaryl/α,β-unsaturated/α-hetero) is 1. The summed E-state index contributed by atoms with van der Waals surface area (Å²) in [7, 11) is 1.47. The van der Waals surface area contributed by atoms with Crippen molar-refractivity contribution in [3.05, 3.63) is 69.8 Å². The van der Waals surface area contributed by atoms with E-state index in [2.05, 4.69) is 0 Å². The number of ketones is 1. The minimum atomic E-state index is -0.715. The first-order valence-corrected chi connectivity index (χ1v) is 10.9. The van der Waals surface area contributed by atoms with Crippen molar-refractivity contribution < 1.29 is 24.2 Å². The number of carbonyl (C=O) groups excluding carboxylic acids is 2. The largest absolute Gasteiger partial charge is 0.507 e. The van der Waals surface area contributed by atoms with Crippen molar-refractivity contribution in [1.82, 2.24) is 4.90 Å². The van der Waals surface area contributed by atoms with Gasteiger partial charge in [-0.2, -0.15) is 0 Å². The van der Waals surface area contributed by atoms with Gasteiger partial charge in [-0.3, -0.25) is 9.59 Å². The van der Waals surface area contributed by atoms with Crippen molar-refractivity contribution in [3.8, 4) is 5.75 Å². The van der Waals surface area contributed by atoms with Gasteiger partial charge in [0, 0.05) is 18.7 Å². The molecule has 1 fully saturated rings. The predicted molar refractivity (Wildman–Crippen MR) is 124 cm³/mol. The predicted octanol–water partition coefficient (Wildman–Crippen LogP) is 4.89. The molecule has 6 nitrogen and oxygen atoms in total. The Bertz CT molecular complexity index is 1050. The highest BCUT2D eigenvalue weighted by molar-refractivity contribution is 6.46. The Kier molecular flexibility index (Phi) is 7.59. The van der Waals surface area contributed by atoms with Crippen LogP contribution in [-0.2, 0) is 14.3 Å². The lowest BCUT2D eigenvalue weighted by Crippen LogP contribution is -2.31.